The van der Waals surface area contributed by atoms with Gasteiger partial charge in [-0.05, 0) is 0 Å². The van der Waals surface area contributed by atoms with Crippen LogP contribution in [0.2, 0.25) is 0 Å². The number of nitrogens with zero attached hydrogens (tertiary/aromatic N) is 2. The van der Waals surface area contributed by atoms with E-state index in [1.54, 1.807) is 0 Å². The molecular weight excluding hydrogens is 338 g/mol. The van der Waals surface area contributed by atoms with Crippen LogP contribution in [0.4, 0.5) is 5.95 Å². The Morgan fingerprint density at radius 2 is 2.08 bits per heavy atom. The molecule has 1 fully saturated rings. The highest BCUT2D eigenvalue weighted by Gasteiger charge is 2.48. The van der Waals surface area contributed by atoms with Crippen molar-refractivity contribution in [2.75, 3.05) is 19.5 Å². The van der Waals surface area contributed by atoms with Gasteiger partial charge in [-0.3, -0.25) is 14.8 Å². The molecule has 138 valence electrons. The number of aromatic nitrogens is 4. The number of ether oxygens (including phenoxy) is 2. The van der Waals surface area contributed by atoms with Crippen LogP contribution in [0.15, 0.2) is 11.1 Å². The fourth-order valence-corrected chi connectivity index (χ4v) is 2.94. The third-order valence-corrected chi connectivity index (χ3v) is 4.25. The summed E-state index contributed by atoms with van der Waals surface area (Å²) in [5.74, 6) is -0.132. The highest BCUT2D eigenvalue weighted by molar-refractivity contribution is 5.65. The Morgan fingerprint density at radius 1 is 1.36 bits per heavy atom. The van der Waals surface area contributed by atoms with Crippen LogP contribution < -0.4 is 15.9 Å². The summed E-state index contributed by atoms with van der Waals surface area (Å²) in [6.07, 6.45) is -6.79. The van der Waals surface area contributed by atoms with E-state index in [0.29, 0.717) is 0 Å². The zero-order chi connectivity index (χ0) is 18.3. The van der Waals surface area contributed by atoms with Crippen LogP contribution in [0, 0.1) is 0 Å². The first kappa shape index (κ1) is 17.7. The van der Waals surface area contributed by atoms with Crippen LogP contribution in [-0.2, 0) is 9.47 Å². The van der Waals surface area contributed by atoms with Crippen molar-refractivity contribution in [1.82, 2.24) is 15.0 Å². The summed E-state index contributed by atoms with van der Waals surface area (Å²) in [5, 5.41) is 39.9. The first-order valence-electron chi connectivity index (χ1n) is 7.50. The molecule has 3 heterocycles. The number of nitrogens with two attached hydrogens (primary N) is 1. The van der Waals surface area contributed by atoms with E-state index >= 15 is 0 Å². The minimum atomic E-state index is -1.61. The summed E-state index contributed by atoms with van der Waals surface area (Å²) >= 11 is 0. The van der Waals surface area contributed by atoms with Gasteiger partial charge in [-0.1, -0.05) is 4.98 Å². The Balaban J connectivity index is 2.14. The first-order chi connectivity index (χ1) is 11.9. The number of methoxy groups -OCH3 is 1. The second-order valence-corrected chi connectivity index (χ2v) is 5.75. The van der Waals surface area contributed by atoms with Crippen molar-refractivity contribution in [1.29, 1.82) is 0 Å². The highest BCUT2D eigenvalue weighted by Crippen LogP contribution is 2.26. The summed E-state index contributed by atoms with van der Waals surface area (Å²) in [6, 6.07) is 0. The fraction of sp³-hybridized carbons (Fsp3) is 0.615. The predicted molar refractivity (Wildman–Crippen MR) is 81.1 cm³/mol. The summed E-state index contributed by atoms with van der Waals surface area (Å²) in [4.78, 5) is 21.0. The molecule has 1 saturated heterocycles. The van der Waals surface area contributed by atoms with Gasteiger partial charge in [0.2, 0.25) is 11.7 Å². The van der Waals surface area contributed by atoms with Gasteiger partial charge in [0.15, 0.2) is 6.33 Å². The number of anilines is 1. The number of nitrogen functional groups attached to an aromatic ring is 1. The molecule has 25 heavy (non-hydrogen) atoms. The molecule has 1 aliphatic rings. The summed E-state index contributed by atoms with van der Waals surface area (Å²) in [5.41, 5.74) is 5.28. The zero-order valence-corrected chi connectivity index (χ0v) is 13.2. The molecule has 0 bridgehead atoms. The number of fused-ring (bicyclic) bond motifs is 1. The molecule has 3 rings (SSSR count). The summed E-state index contributed by atoms with van der Waals surface area (Å²) in [6.45, 7) is -0.614. The molecule has 8 N–H and O–H groups in total. The third-order valence-electron chi connectivity index (χ3n) is 4.25. The molecule has 2 aromatic rings. The normalized spacial score (nSPS) is 33.5. The fourth-order valence-electron chi connectivity index (χ4n) is 2.94. The number of hydrogen-bond donors (Lipinski definition) is 7. The maximum atomic E-state index is 11.9. The number of rotatable bonds is 3. The molecule has 6 atom stereocenters. The minimum absolute atomic E-state index is 0.105. The van der Waals surface area contributed by atoms with Crippen LogP contribution in [0.25, 0.3) is 11.2 Å². The van der Waals surface area contributed by atoms with Crippen LogP contribution >= 0.6 is 0 Å². The Morgan fingerprint density at radius 3 is 2.72 bits per heavy atom. The molecule has 1 aliphatic heterocycles. The second kappa shape index (κ2) is 6.67. The number of aromatic amines is 2. The third kappa shape index (κ3) is 2.88. The first-order valence-corrected chi connectivity index (χ1v) is 7.50. The Kier molecular flexibility index (Phi) is 4.73. The quantitative estimate of drug-likeness (QED) is 0.269. The number of aliphatic hydroxyl groups is 4. The topological polar surface area (TPSA) is 191 Å². The van der Waals surface area contributed by atoms with Gasteiger partial charge >= 0.3 is 5.65 Å². The summed E-state index contributed by atoms with van der Waals surface area (Å²) in [7, 11) is 1.28. The molecule has 0 aliphatic carbocycles. The van der Waals surface area contributed by atoms with E-state index < -0.39 is 48.9 Å². The Labute approximate surface area is 140 Å². The number of nitrogens with one attached hydrogen (secondary N) is 2. The molecular formula is C13H20N5O7+. The predicted octanol–water partition coefficient (Wildman–Crippen LogP) is -3.89. The van der Waals surface area contributed by atoms with E-state index in [0.717, 1.165) is 0 Å². The maximum absolute atomic E-state index is 11.9. The molecule has 0 radical (unpaired) electrons. The van der Waals surface area contributed by atoms with E-state index in [4.69, 9.17) is 15.2 Å². The van der Waals surface area contributed by atoms with Crippen molar-refractivity contribution < 1.29 is 34.5 Å². The second-order valence-electron chi connectivity index (χ2n) is 5.75. The van der Waals surface area contributed by atoms with Crippen molar-refractivity contribution in [3.05, 3.63) is 16.7 Å². The number of hydrogen-bond acceptors (Lipinski definition) is 9. The van der Waals surface area contributed by atoms with Crippen molar-refractivity contribution in [2.24, 2.45) is 0 Å². The van der Waals surface area contributed by atoms with E-state index in [-0.39, 0.29) is 17.1 Å². The van der Waals surface area contributed by atoms with Gasteiger partial charge in [0, 0.05) is 7.11 Å². The van der Waals surface area contributed by atoms with Gasteiger partial charge in [-0.25, -0.2) is 4.57 Å². The Hall–Kier alpha value is -2.09. The largest absolute Gasteiger partial charge is 0.394 e. The lowest BCUT2D eigenvalue weighted by molar-refractivity contribution is -0.753. The molecule has 0 unspecified atom stereocenters. The average molecular weight is 358 g/mol. The SMILES string of the molecule is CO[C@@H]1[C@H](O)[C@H](O)[C@H](O)[C@@H](CO)O[C@H]1[n+]1c[nH]c2c(=O)[nH]c(N)nc21. The summed E-state index contributed by atoms with van der Waals surface area (Å²) < 4.78 is 12.2. The van der Waals surface area contributed by atoms with Crippen LogP contribution in [0.1, 0.15) is 6.23 Å². The van der Waals surface area contributed by atoms with E-state index in [2.05, 4.69) is 15.0 Å². The van der Waals surface area contributed by atoms with Gasteiger partial charge in [0.05, 0.1) is 6.61 Å². The lowest BCUT2D eigenvalue weighted by atomic mass is 10.0. The van der Waals surface area contributed by atoms with Gasteiger partial charge in [0.25, 0.3) is 11.5 Å². The molecule has 12 nitrogen and oxygen atoms in total. The van der Waals surface area contributed by atoms with Crippen LogP contribution in [0.3, 0.4) is 0 Å². The van der Waals surface area contributed by atoms with Crippen molar-refractivity contribution in [2.45, 2.75) is 36.7 Å². The number of imidazole rings is 1. The molecule has 0 aromatic carbocycles. The molecule has 0 spiro atoms. The lowest BCUT2D eigenvalue weighted by Gasteiger charge is -2.26. The smallest absolute Gasteiger partial charge is 0.313 e. The standard InChI is InChI=1S/C13H19N5O7/c1-24-9-8(22)7(21)6(20)4(2-19)25-12(9)18-3-15-5-10(18)16-13(14)17-11(5)23/h3-4,6-9,12,19-22H,2H2,1H3,(H3,14,16,17,23)/p+1/t4-,6-,7-,8-,9-,12-/m1/s1. The van der Waals surface area contributed by atoms with Crippen LogP contribution in [0.5, 0.6) is 0 Å². The van der Waals surface area contributed by atoms with Crippen LogP contribution in [-0.4, -0.2) is 79.6 Å². The van der Waals surface area contributed by atoms with E-state index in [1.807, 2.05) is 0 Å². The number of H-pyrrole nitrogens is 2. The van der Waals surface area contributed by atoms with Crippen molar-refractivity contribution >= 4 is 17.1 Å². The van der Waals surface area contributed by atoms with Gasteiger partial charge in [-0.2, -0.15) is 0 Å². The molecule has 0 amide bonds. The van der Waals surface area contributed by atoms with E-state index in [1.165, 1.54) is 18.0 Å². The van der Waals surface area contributed by atoms with Crippen molar-refractivity contribution in [3.63, 3.8) is 0 Å². The van der Waals surface area contributed by atoms with Gasteiger partial charge in [-0.15, -0.1) is 0 Å². The van der Waals surface area contributed by atoms with Gasteiger partial charge < -0.3 is 35.6 Å². The maximum Gasteiger partial charge on any atom is 0.313 e. The lowest BCUT2D eigenvalue weighted by Crippen LogP contribution is -2.53. The molecule has 12 heteroatoms. The van der Waals surface area contributed by atoms with Crippen molar-refractivity contribution in [3.8, 4) is 0 Å². The number of aliphatic hydroxyl groups excluding tert-OH is 4. The average Bonchev–Trinajstić information content (AvgIpc) is 2.97. The monoisotopic (exact) mass is 358 g/mol. The molecule has 0 saturated carbocycles. The van der Waals surface area contributed by atoms with E-state index in [9.17, 15) is 25.2 Å². The zero-order valence-electron chi connectivity index (χ0n) is 13.2. The highest BCUT2D eigenvalue weighted by atomic mass is 16.6. The minimum Gasteiger partial charge on any atom is -0.394 e. The molecule has 2 aromatic heterocycles. The van der Waals surface area contributed by atoms with Gasteiger partial charge in [0.1, 0.15) is 30.5 Å². The Bertz CT molecular complexity index is 808.